The quantitative estimate of drug-likeness (QED) is 0.848. The van der Waals surface area contributed by atoms with E-state index in [2.05, 4.69) is 10.4 Å². The summed E-state index contributed by atoms with van der Waals surface area (Å²) in [7, 11) is 1.93. The number of halogens is 1. The van der Waals surface area contributed by atoms with Crippen LogP contribution < -0.4 is 10.2 Å². The van der Waals surface area contributed by atoms with Crippen LogP contribution in [-0.4, -0.2) is 29.3 Å². The fourth-order valence-electron chi connectivity index (χ4n) is 3.37. The number of hydrogen-bond donors (Lipinski definition) is 2. The summed E-state index contributed by atoms with van der Waals surface area (Å²) in [4.78, 5) is 13.3. The number of likely N-dealkylation sites (N-methyl/N-ethyl adjacent to an activating group) is 1. The number of carbonyl (C=O) groups is 1. The first-order chi connectivity index (χ1) is 11.6. The monoisotopic (exact) mass is 331 g/mol. The fourth-order valence-corrected chi connectivity index (χ4v) is 3.37. The number of rotatable bonds is 6. The largest absolute Gasteiger partial charge is 0.326 e. The number of hydrogen-bond acceptors (Lipinski definition) is 2. The lowest BCUT2D eigenvalue weighted by atomic mass is 10.2. The van der Waals surface area contributed by atoms with E-state index >= 15 is 0 Å². The lowest BCUT2D eigenvalue weighted by Gasteiger charge is -2.16. The Morgan fingerprint density at radius 2 is 2.17 bits per heavy atom. The van der Waals surface area contributed by atoms with Crippen LogP contribution in [0.3, 0.4) is 0 Å². The Morgan fingerprint density at radius 1 is 1.38 bits per heavy atom. The SMILES string of the molecule is C[NH+](CC(=O)Nc1ccnn1C1CCCC1)Cc1cccc(F)c1. The van der Waals surface area contributed by atoms with Crippen LogP contribution in [0.2, 0.25) is 0 Å². The molecule has 0 radical (unpaired) electrons. The lowest BCUT2D eigenvalue weighted by Crippen LogP contribution is -3.08. The molecule has 128 valence electrons. The van der Waals surface area contributed by atoms with E-state index in [-0.39, 0.29) is 11.7 Å². The normalized spacial score (nSPS) is 16.2. The molecule has 1 aromatic carbocycles. The molecule has 6 heteroatoms. The molecule has 1 heterocycles. The van der Waals surface area contributed by atoms with Crippen LogP contribution in [0.5, 0.6) is 0 Å². The zero-order valence-corrected chi connectivity index (χ0v) is 14.0. The molecule has 0 spiro atoms. The smallest absolute Gasteiger partial charge is 0.280 e. The number of anilines is 1. The number of nitrogens with one attached hydrogen (secondary N) is 2. The van der Waals surface area contributed by atoms with Crippen molar-refractivity contribution >= 4 is 11.7 Å². The van der Waals surface area contributed by atoms with Crippen molar-refractivity contribution in [2.24, 2.45) is 0 Å². The minimum absolute atomic E-state index is 0.0522. The van der Waals surface area contributed by atoms with Gasteiger partial charge in [-0.1, -0.05) is 25.0 Å². The zero-order chi connectivity index (χ0) is 16.9. The molecule has 0 bridgehead atoms. The van der Waals surface area contributed by atoms with Gasteiger partial charge in [0.05, 0.1) is 19.3 Å². The lowest BCUT2D eigenvalue weighted by molar-refractivity contribution is -0.885. The van der Waals surface area contributed by atoms with E-state index in [1.807, 2.05) is 23.9 Å². The number of benzene rings is 1. The first-order valence-corrected chi connectivity index (χ1v) is 8.51. The average Bonchev–Trinajstić information content (AvgIpc) is 3.17. The van der Waals surface area contributed by atoms with E-state index in [0.717, 1.165) is 29.1 Å². The van der Waals surface area contributed by atoms with Gasteiger partial charge in [0.25, 0.3) is 5.91 Å². The number of quaternary nitrogens is 1. The minimum Gasteiger partial charge on any atom is -0.326 e. The van der Waals surface area contributed by atoms with Crippen LogP contribution >= 0.6 is 0 Å². The number of amides is 1. The zero-order valence-electron chi connectivity index (χ0n) is 14.0. The van der Waals surface area contributed by atoms with Gasteiger partial charge in [0.15, 0.2) is 6.54 Å². The number of nitrogens with zero attached hydrogens (tertiary/aromatic N) is 2. The molecule has 1 atom stereocenters. The van der Waals surface area contributed by atoms with Crippen molar-refractivity contribution in [2.75, 3.05) is 18.9 Å². The highest BCUT2D eigenvalue weighted by Gasteiger charge is 2.21. The third-order valence-corrected chi connectivity index (χ3v) is 4.47. The molecule has 1 aliphatic rings. The Labute approximate surface area is 141 Å². The second kappa shape index (κ2) is 7.57. The van der Waals surface area contributed by atoms with Gasteiger partial charge in [0, 0.05) is 11.6 Å². The van der Waals surface area contributed by atoms with Gasteiger partial charge in [-0.3, -0.25) is 4.79 Å². The van der Waals surface area contributed by atoms with E-state index in [4.69, 9.17) is 0 Å². The predicted molar refractivity (Wildman–Crippen MR) is 90.2 cm³/mol. The van der Waals surface area contributed by atoms with E-state index in [1.54, 1.807) is 12.3 Å². The van der Waals surface area contributed by atoms with Crippen LogP contribution in [0.15, 0.2) is 36.5 Å². The van der Waals surface area contributed by atoms with Crippen molar-refractivity contribution in [3.8, 4) is 0 Å². The molecule has 0 saturated heterocycles. The topological polar surface area (TPSA) is 51.4 Å². The van der Waals surface area contributed by atoms with Gasteiger partial charge >= 0.3 is 0 Å². The van der Waals surface area contributed by atoms with Crippen LogP contribution in [0.1, 0.15) is 37.3 Å². The molecule has 1 saturated carbocycles. The summed E-state index contributed by atoms with van der Waals surface area (Å²) < 4.78 is 15.2. The summed E-state index contributed by atoms with van der Waals surface area (Å²) in [6.07, 6.45) is 6.42. The van der Waals surface area contributed by atoms with Crippen LogP contribution in [0.4, 0.5) is 10.2 Å². The molecule has 3 rings (SSSR count). The molecule has 5 nitrogen and oxygen atoms in total. The van der Waals surface area contributed by atoms with Crippen molar-refractivity contribution in [3.63, 3.8) is 0 Å². The molecule has 2 N–H and O–H groups in total. The van der Waals surface area contributed by atoms with Crippen molar-refractivity contribution < 1.29 is 14.1 Å². The maximum atomic E-state index is 13.2. The Bertz CT molecular complexity index is 694. The van der Waals surface area contributed by atoms with E-state index in [9.17, 15) is 9.18 Å². The average molecular weight is 331 g/mol. The third kappa shape index (κ3) is 4.20. The molecule has 1 fully saturated rings. The fraction of sp³-hybridized carbons (Fsp3) is 0.444. The van der Waals surface area contributed by atoms with Gasteiger partial charge in [0.1, 0.15) is 18.2 Å². The van der Waals surface area contributed by atoms with Crippen LogP contribution in [0.25, 0.3) is 0 Å². The summed E-state index contributed by atoms with van der Waals surface area (Å²) in [5.74, 6) is 0.472. The highest BCUT2D eigenvalue weighted by molar-refractivity contribution is 5.90. The van der Waals surface area contributed by atoms with Crippen molar-refractivity contribution in [2.45, 2.75) is 38.3 Å². The highest BCUT2D eigenvalue weighted by Crippen LogP contribution is 2.31. The first-order valence-electron chi connectivity index (χ1n) is 8.51. The molecule has 0 aliphatic heterocycles. The summed E-state index contributed by atoms with van der Waals surface area (Å²) in [6.45, 7) is 0.930. The standard InChI is InChI=1S/C18H23FN4O/c1-22(12-14-5-4-6-15(19)11-14)13-18(24)21-17-9-10-20-23(17)16-7-2-3-8-16/h4-6,9-11,16H,2-3,7-8,12-13H2,1H3,(H,21,24)/p+1. The maximum Gasteiger partial charge on any atom is 0.280 e. The molecule has 1 amide bonds. The second-order valence-electron chi connectivity index (χ2n) is 6.59. The van der Waals surface area contributed by atoms with Crippen molar-refractivity contribution in [3.05, 3.63) is 47.9 Å². The second-order valence-corrected chi connectivity index (χ2v) is 6.59. The molecule has 2 aromatic rings. The van der Waals surface area contributed by atoms with Crippen molar-refractivity contribution in [1.29, 1.82) is 0 Å². The van der Waals surface area contributed by atoms with Gasteiger partial charge < -0.3 is 10.2 Å². The van der Waals surface area contributed by atoms with Crippen LogP contribution in [-0.2, 0) is 11.3 Å². The van der Waals surface area contributed by atoms with E-state index in [1.165, 1.54) is 25.0 Å². The Balaban J connectivity index is 1.55. The van der Waals surface area contributed by atoms with Gasteiger partial charge in [-0.05, 0) is 25.0 Å². The van der Waals surface area contributed by atoms with E-state index in [0.29, 0.717) is 19.1 Å². The molecule has 1 aromatic heterocycles. The maximum absolute atomic E-state index is 13.2. The Morgan fingerprint density at radius 3 is 2.92 bits per heavy atom. The molecule has 24 heavy (non-hydrogen) atoms. The van der Waals surface area contributed by atoms with Gasteiger partial charge in [0.2, 0.25) is 0 Å². The highest BCUT2D eigenvalue weighted by atomic mass is 19.1. The van der Waals surface area contributed by atoms with Gasteiger partial charge in [-0.25, -0.2) is 9.07 Å². The summed E-state index contributed by atoms with van der Waals surface area (Å²) in [5.41, 5.74) is 0.885. The minimum atomic E-state index is -0.245. The number of aromatic nitrogens is 2. The van der Waals surface area contributed by atoms with Gasteiger partial charge in [-0.2, -0.15) is 5.10 Å². The summed E-state index contributed by atoms with van der Waals surface area (Å²) in [6, 6.07) is 8.75. The predicted octanol–water partition coefficient (Wildman–Crippen LogP) is 1.79. The van der Waals surface area contributed by atoms with Crippen molar-refractivity contribution in [1.82, 2.24) is 9.78 Å². The van der Waals surface area contributed by atoms with E-state index < -0.39 is 0 Å². The Kier molecular flexibility index (Phi) is 5.25. The summed E-state index contributed by atoms with van der Waals surface area (Å²) in [5, 5.41) is 7.32. The Hall–Kier alpha value is -2.21. The number of carbonyl (C=O) groups excluding carboxylic acids is 1. The molecule has 1 aliphatic carbocycles. The molecular weight excluding hydrogens is 307 g/mol. The van der Waals surface area contributed by atoms with Crippen LogP contribution in [0, 0.1) is 5.82 Å². The first kappa shape index (κ1) is 16.6. The molecule has 1 unspecified atom stereocenters. The molecular formula is C18H24FN4O+. The summed E-state index contributed by atoms with van der Waals surface area (Å²) >= 11 is 0. The van der Waals surface area contributed by atoms with Gasteiger partial charge in [-0.15, -0.1) is 0 Å². The third-order valence-electron chi connectivity index (χ3n) is 4.47.